The van der Waals surface area contributed by atoms with E-state index < -0.39 is 0 Å². The average molecular weight is 339 g/mol. The lowest BCUT2D eigenvalue weighted by Crippen LogP contribution is -1.89. The molecule has 1 aromatic carbocycles. The summed E-state index contributed by atoms with van der Waals surface area (Å²) in [4.78, 5) is 0. The minimum absolute atomic E-state index is 0.530. The molecule has 0 saturated carbocycles. The molecule has 0 aliphatic heterocycles. The highest BCUT2D eigenvalue weighted by Gasteiger charge is 2.10. The molecule has 0 spiro atoms. The summed E-state index contributed by atoms with van der Waals surface area (Å²) in [5.74, 6) is 1.44. The number of thiophene rings is 1. The Labute approximate surface area is 105 Å². The van der Waals surface area contributed by atoms with Gasteiger partial charge in [-0.2, -0.15) is 0 Å². The van der Waals surface area contributed by atoms with Gasteiger partial charge >= 0.3 is 0 Å². The predicted molar refractivity (Wildman–Crippen MR) is 70.7 cm³/mol. The summed E-state index contributed by atoms with van der Waals surface area (Å²) in [5.41, 5.74) is 1.14. The van der Waals surface area contributed by atoms with Gasteiger partial charge in [0.2, 0.25) is 0 Å². The van der Waals surface area contributed by atoms with Gasteiger partial charge in [-0.3, -0.25) is 0 Å². The molecule has 1 heterocycles. The van der Waals surface area contributed by atoms with Gasteiger partial charge in [0, 0.05) is 14.8 Å². The second-order valence-corrected chi connectivity index (χ2v) is 5.11. The molecule has 0 unspecified atom stereocenters. The van der Waals surface area contributed by atoms with Crippen LogP contribution in [-0.4, -0.2) is 7.11 Å². The molecule has 4 heteroatoms. The summed E-state index contributed by atoms with van der Waals surface area (Å²) in [6, 6.07) is 4.10. The SMILES string of the molecule is COc1cc(CCl)c(I)c2sccc12. The number of fused-ring (bicyclic) bond motifs is 1. The van der Waals surface area contributed by atoms with Crippen molar-refractivity contribution in [2.45, 2.75) is 5.88 Å². The molecule has 0 N–H and O–H groups in total. The number of hydrogen-bond acceptors (Lipinski definition) is 2. The molecule has 0 amide bonds. The van der Waals surface area contributed by atoms with Crippen molar-refractivity contribution in [1.29, 1.82) is 0 Å². The van der Waals surface area contributed by atoms with Crippen LogP contribution in [0.4, 0.5) is 0 Å². The fourth-order valence-corrected chi connectivity index (χ4v) is 3.71. The lowest BCUT2D eigenvalue weighted by molar-refractivity contribution is 0.419. The molecular formula is C10H8ClIOS. The molecule has 2 aromatic rings. The number of rotatable bonds is 2. The maximum absolute atomic E-state index is 5.87. The van der Waals surface area contributed by atoms with Crippen LogP contribution < -0.4 is 4.74 Å². The molecule has 0 aliphatic carbocycles. The first-order valence-corrected chi connectivity index (χ1v) is 6.55. The van der Waals surface area contributed by atoms with Gasteiger partial charge in [-0.25, -0.2) is 0 Å². The number of methoxy groups -OCH3 is 1. The number of halogens is 2. The van der Waals surface area contributed by atoms with Gasteiger partial charge in [0.05, 0.1) is 11.8 Å². The smallest absolute Gasteiger partial charge is 0.127 e. The number of ether oxygens (including phenoxy) is 1. The highest BCUT2D eigenvalue weighted by atomic mass is 127. The number of alkyl halides is 1. The van der Waals surface area contributed by atoms with Crippen LogP contribution in [0.1, 0.15) is 5.56 Å². The highest BCUT2D eigenvalue weighted by Crippen LogP contribution is 2.36. The second-order valence-electron chi connectivity index (χ2n) is 2.85. The quantitative estimate of drug-likeness (QED) is 0.587. The Bertz CT molecular complexity index is 466. The van der Waals surface area contributed by atoms with Crippen molar-refractivity contribution in [3.05, 3.63) is 26.6 Å². The third-order valence-corrected chi connectivity index (χ3v) is 4.90. The van der Waals surface area contributed by atoms with Gasteiger partial charge in [-0.05, 0) is 45.7 Å². The fraction of sp³-hybridized carbons (Fsp3) is 0.200. The predicted octanol–water partition coefficient (Wildman–Crippen LogP) is 4.25. The van der Waals surface area contributed by atoms with E-state index in [9.17, 15) is 0 Å². The molecule has 0 aliphatic rings. The molecule has 74 valence electrons. The highest BCUT2D eigenvalue weighted by molar-refractivity contribution is 14.1. The van der Waals surface area contributed by atoms with Gasteiger partial charge in [0.15, 0.2) is 0 Å². The Morgan fingerprint density at radius 3 is 3.00 bits per heavy atom. The van der Waals surface area contributed by atoms with Crippen LogP contribution in [0, 0.1) is 3.57 Å². The van der Waals surface area contributed by atoms with E-state index in [4.69, 9.17) is 16.3 Å². The van der Waals surface area contributed by atoms with E-state index in [-0.39, 0.29) is 0 Å². The van der Waals surface area contributed by atoms with Crippen molar-refractivity contribution in [2.24, 2.45) is 0 Å². The second kappa shape index (κ2) is 4.24. The summed E-state index contributed by atoms with van der Waals surface area (Å²) in [7, 11) is 1.69. The topological polar surface area (TPSA) is 9.23 Å². The van der Waals surface area contributed by atoms with Gasteiger partial charge in [0.25, 0.3) is 0 Å². The van der Waals surface area contributed by atoms with Gasteiger partial charge in [0.1, 0.15) is 5.75 Å². The molecule has 0 saturated heterocycles. The molecule has 1 nitrogen and oxygen atoms in total. The van der Waals surface area contributed by atoms with Crippen LogP contribution in [0.15, 0.2) is 17.5 Å². The lowest BCUT2D eigenvalue weighted by atomic mass is 10.2. The molecular weight excluding hydrogens is 331 g/mol. The first-order valence-electron chi connectivity index (χ1n) is 4.06. The van der Waals surface area contributed by atoms with E-state index >= 15 is 0 Å². The van der Waals surface area contributed by atoms with Crippen molar-refractivity contribution in [3.63, 3.8) is 0 Å². The number of benzene rings is 1. The maximum atomic E-state index is 5.87. The van der Waals surface area contributed by atoms with Crippen LogP contribution in [-0.2, 0) is 5.88 Å². The Balaban J connectivity index is 2.80. The Hall–Kier alpha value is -0.000000000000000111. The average Bonchev–Trinajstić information content (AvgIpc) is 2.68. The van der Waals surface area contributed by atoms with Crippen LogP contribution in [0.2, 0.25) is 0 Å². The van der Waals surface area contributed by atoms with Crippen LogP contribution >= 0.6 is 45.5 Å². The molecule has 0 bridgehead atoms. The normalized spacial score (nSPS) is 10.8. The Morgan fingerprint density at radius 2 is 2.36 bits per heavy atom. The summed E-state index contributed by atoms with van der Waals surface area (Å²) in [6.45, 7) is 0. The van der Waals surface area contributed by atoms with E-state index in [1.165, 1.54) is 13.7 Å². The molecule has 14 heavy (non-hydrogen) atoms. The minimum Gasteiger partial charge on any atom is -0.496 e. The van der Waals surface area contributed by atoms with Gasteiger partial charge in [-0.1, -0.05) is 0 Å². The van der Waals surface area contributed by atoms with Crippen molar-refractivity contribution in [2.75, 3.05) is 7.11 Å². The third-order valence-electron chi connectivity index (χ3n) is 2.08. The van der Waals surface area contributed by atoms with E-state index in [1.807, 2.05) is 6.07 Å². The van der Waals surface area contributed by atoms with Gasteiger partial charge < -0.3 is 4.74 Å². The summed E-state index contributed by atoms with van der Waals surface area (Å²) in [5, 5.41) is 3.25. The Morgan fingerprint density at radius 1 is 1.57 bits per heavy atom. The molecule has 0 fully saturated rings. The zero-order valence-corrected chi connectivity index (χ0v) is 11.2. The monoisotopic (exact) mass is 338 g/mol. The Kier molecular flexibility index (Phi) is 3.19. The van der Waals surface area contributed by atoms with Crippen molar-refractivity contribution in [3.8, 4) is 5.75 Å². The lowest BCUT2D eigenvalue weighted by Gasteiger charge is -2.07. The zero-order valence-electron chi connectivity index (χ0n) is 7.51. The van der Waals surface area contributed by atoms with E-state index in [0.717, 1.165) is 11.3 Å². The van der Waals surface area contributed by atoms with E-state index in [1.54, 1.807) is 18.4 Å². The van der Waals surface area contributed by atoms with Crippen molar-refractivity contribution < 1.29 is 4.74 Å². The minimum atomic E-state index is 0.530. The summed E-state index contributed by atoms with van der Waals surface area (Å²) < 4.78 is 7.83. The molecule has 2 rings (SSSR count). The standard InChI is InChI=1S/C10H8ClIOS/c1-13-8-4-6(5-11)9(12)10-7(8)2-3-14-10/h2-4H,5H2,1H3. The van der Waals surface area contributed by atoms with Crippen molar-refractivity contribution in [1.82, 2.24) is 0 Å². The maximum Gasteiger partial charge on any atom is 0.127 e. The number of hydrogen-bond donors (Lipinski definition) is 0. The van der Waals surface area contributed by atoms with Crippen molar-refractivity contribution >= 4 is 55.6 Å². The van der Waals surface area contributed by atoms with Gasteiger partial charge in [-0.15, -0.1) is 22.9 Å². The zero-order chi connectivity index (χ0) is 10.1. The first-order chi connectivity index (χ1) is 6.77. The third kappa shape index (κ3) is 1.61. The van der Waals surface area contributed by atoms with E-state index in [0.29, 0.717) is 5.88 Å². The molecule has 0 radical (unpaired) electrons. The van der Waals surface area contributed by atoms with Crippen LogP contribution in [0.3, 0.4) is 0 Å². The van der Waals surface area contributed by atoms with E-state index in [2.05, 4.69) is 34.0 Å². The first kappa shape index (κ1) is 10.5. The largest absolute Gasteiger partial charge is 0.496 e. The van der Waals surface area contributed by atoms with Crippen LogP contribution in [0.5, 0.6) is 5.75 Å². The molecule has 0 atom stereocenters. The van der Waals surface area contributed by atoms with Crippen LogP contribution in [0.25, 0.3) is 10.1 Å². The molecule has 1 aromatic heterocycles. The summed E-state index contributed by atoms with van der Waals surface area (Å²) >= 11 is 9.94. The fourth-order valence-electron chi connectivity index (χ4n) is 1.38. The summed E-state index contributed by atoms with van der Waals surface area (Å²) in [6.07, 6.45) is 0.